The predicted octanol–water partition coefficient (Wildman–Crippen LogP) is 11.3. The number of aromatic nitrogens is 4. The van der Waals surface area contributed by atoms with Crippen molar-refractivity contribution in [2.45, 2.75) is 52.4 Å². The van der Waals surface area contributed by atoms with Crippen molar-refractivity contribution in [2.24, 2.45) is 0 Å². The molecular weight excluding hydrogens is 942 g/mol. The molecule has 0 atom stereocenters. The second-order valence-corrected chi connectivity index (χ2v) is 19.9. The van der Waals surface area contributed by atoms with Gasteiger partial charge in [-0.05, 0) is 124 Å². The van der Waals surface area contributed by atoms with Crippen LogP contribution in [0.1, 0.15) is 90.0 Å². The number of aryl methyl sites for hydroxylation is 2. The average molecular weight is 989 g/mol. The second-order valence-electron chi connectivity index (χ2n) is 17.4. The Balaban J connectivity index is 0.000000207. The lowest BCUT2D eigenvalue weighted by molar-refractivity contribution is 0.101. The van der Waals surface area contributed by atoms with Crippen LogP contribution in [0.15, 0.2) is 109 Å². The lowest BCUT2D eigenvalue weighted by Crippen LogP contribution is -2.17. The van der Waals surface area contributed by atoms with Gasteiger partial charge in [0.05, 0.1) is 45.1 Å². The minimum absolute atomic E-state index is 0.266. The Bertz CT molecular complexity index is 3440. The number of halogens is 1. The molecule has 0 aliphatic carbocycles. The summed E-state index contributed by atoms with van der Waals surface area (Å²) in [5.41, 5.74) is 6.17. The van der Waals surface area contributed by atoms with E-state index >= 15 is 0 Å². The third-order valence-electron chi connectivity index (χ3n) is 11.1. The van der Waals surface area contributed by atoms with E-state index in [1.807, 2.05) is 71.0 Å². The van der Waals surface area contributed by atoms with Gasteiger partial charge in [0.1, 0.15) is 31.7 Å². The van der Waals surface area contributed by atoms with Crippen LogP contribution in [0.5, 0.6) is 0 Å². The van der Waals surface area contributed by atoms with E-state index in [9.17, 15) is 29.7 Å². The summed E-state index contributed by atoms with van der Waals surface area (Å²) in [5.74, 6) is -0.471. The van der Waals surface area contributed by atoms with Crippen LogP contribution in [0, 0.1) is 36.5 Å². The number of carbonyl (C=O) groups is 4. The maximum absolute atomic E-state index is 13.0. The molecule has 0 saturated carbocycles. The van der Waals surface area contributed by atoms with Crippen LogP contribution in [-0.4, -0.2) is 57.7 Å². The SMILES string of the molecule is Cc1ccc(NC(=O)c2cccc(C(C)(C)C#N)c2)cc1NC(=O)c1cc2ncc(Cl)nc2s1.Cc1ccc(NC(=O)c2cccc(C(C)(C)C#N)c2)cc1NC(=O)c1cc2ncc(N(C)C)nc2s1. The molecule has 0 saturated heterocycles. The topological polar surface area (TPSA) is 219 Å². The van der Waals surface area contributed by atoms with Gasteiger partial charge in [-0.15, -0.1) is 22.7 Å². The van der Waals surface area contributed by atoms with Crippen LogP contribution >= 0.6 is 34.3 Å². The van der Waals surface area contributed by atoms with E-state index in [0.717, 1.165) is 28.1 Å². The highest BCUT2D eigenvalue weighted by Crippen LogP contribution is 2.30. The average Bonchev–Trinajstić information content (AvgIpc) is 3.98. The Morgan fingerprint density at radius 1 is 0.586 bits per heavy atom. The summed E-state index contributed by atoms with van der Waals surface area (Å²) >= 11 is 8.36. The van der Waals surface area contributed by atoms with Gasteiger partial charge in [-0.3, -0.25) is 24.2 Å². The lowest BCUT2D eigenvalue weighted by Gasteiger charge is -2.17. The number of hydrogen-bond acceptors (Lipinski definition) is 13. The van der Waals surface area contributed by atoms with Crippen molar-refractivity contribution >= 4 is 107 Å². The molecule has 4 aromatic heterocycles. The first kappa shape index (κ1) is 49.8. The quantitative estimate of drug-likeness (QED) is 0.0955. The summed E-state index contributed by atoms with van der Waals surface area (Å²) in [6, 6.07) is 32.5. The highest BCUT2D eigenvalue weighted by atomic mass is 35.5. The Morgan fingerprint density at radius 2 is 1.03 bits per heavy atom. The molecule has 0 aliphatic rings. The van der Waals surface area contributed by atoms with Gasteiger partial charge in [-0.25, -0.2) is 15.0 Å². The number of nitrogens with zero attached hydrogens (tertiary/aromatic N) is 7. The van der Waals surface area contributed by atoms with E-state index in [0.29, 0.717) is 64.3 Å². The van der Waals surface area contributed by atoms with Gasteiger partial charge in [0, 0.05) is 48.0 Å². The van der Waals surface area contributed by atoms with Crippen molar-refractivity contribution in [1.29, 1.82) is 10.5 Å². The number of benzene rings is 4. The largest absolute Gasteiger partial charge is 0.361 e. The summed E-state index contributed by atoms with van der Waals surface area (Å²) < 4.78 is 0. The molecular formula is C52H46ClN11O4S2. The summed E-state index contributed by atoms with van der Waals surface area (Å²) in [5, 5.41) is 30.6. The number of carbonyl (C=O) groups excluding carboxylic acids is 4. The summed E-state index contributed by atoms with van der Waals surface area (Å²) in [7, 11) is 3.77. The number of anilines is 5. The fourth-order valence-corrected chi connectivity index (χ4v) is 8.65. The summed E-state index contributed by atoms with van der Waals surface area (Å²) in [6.07, 6.45) is 3.11. The zero-order chi connectivity index (χ0) is 50.5. The van der Waals surface area contributed by atoms with Crippen LogP contribution in [0.25, 0.3) is 20.7 Å². The lowest BCUT2D eigenvalue weighted by atomic mass is 9.85. The minimum atomic E-state index is -0.708. The van der Waals surface area contributed by atoms with Gasteiger partial charge >= 0.3 is 0 Å². The first-order valence-electron chi connectivity index (χ1n) is 21.6. The molecule has 0 spiro atoms. The molecule has 4 aromatic carbocycles. The molecule has 352 valence electrons. The smallest absolute Gasteiger partial charge is 0.265 e. The van der Waals surface area contributed by atoms with E-state index in [4.69, 9.17) is 11.6 Å². The molecule has 0 fully saturated rings. The van der Waals surface area contributed by atoms with E-state index in [2.05, 4.69) is 53.3 Å². The molecule has 8 aromatic rings. The van der Waals surface area contributed by atoms with Crippen LogP contribution in [-0.2, 0) is 10.8 Å². The molecule has 4 N–H and O–H groups in total. The maximum Gasteiger partial charge on any atom is 0.265 e. The monoisotopic (exact) mass is 987 g/mol. The summed E-state index contributed by atoms with van der Waals surface area (Å²) in [6.45, 7) is 11.0. The molecule has 8 rings (SSSR count). The molecule has 0 unspecified atom stereocenters. The van der Waals surface area contributed by atoms with Crippen LogP contribution in [0.3, 0.4) is 0 Å². The van der Waals surface area contributed by atoms with Crippen molar-refractivity contribution in [3.05, 3.63) is 158 Å². The number of nitriles is 2. The molecule has 0 aliphatic heterocycles. The van der Waals surface area contributed by atoms with Crippen LogP contribution < -0.4 is 26.2 Å². The van der Waals surface area contributed by atoms with E-state index < -0.39 is 10.8 Å². The maximum atomic E-state index is 13.0. The number of amides is 4. The first-order valence-corrected chi connectivity index (χ1v) is 23.6. The molecule has 70 heavy (non-hydrogen) atoms. The summed E-state index contributed by atoms with van der Waals surface area (Å²) in [4.78, 5) is 72.9. The Kier molecular flexibility index (Phi) is 14.7. The standard InChI is InChI=1S/C27H26N6O2S.C25H20ClN5O2S/c1-16-9-10-19(30-24(34)17-7-6-8-18(11-17)27(2,3)15-28)12-20(16)31-25(35)22-13-21-26(36-22)32-23(14-29-21)33(4)5;1-14-7-8-17(29-22(32)15-5-4-6-16(9-15)25(2,3)13-27)10-18(14)30-23(33)20-11-19-24(34-20)31-21(26)12-28-19/h6-14H,1-5H3,(H,30,34)(H,31,35);4-12H,1-3H3,(H,29,32)(H,30,33). The predicted molar refractivity (Wildman–Crippen MR) is 278 cm³/mol. The van der Waals surface area contributed by atoms with Crippen molar-refractivity contribution in [2.75, 3.05) is 40.3 Å². The van der Waals surface area contributed by atoms with Gasteiger partial charge in [0.25, 0.3) is 23.6 Å². The van der Waals surface area contributed by atoms with Crippen LogP contribution in [0.4, 0.5) is 28.6 Å². The Morgan fingerprint density at radius 3 is 1.47 bits per heavy atom. The number of nitrogens with one attached hydrogen (secondary N) is 4. The molecule has 0 bridgehead atoms. The Labute approximate surface area is 417 Å². The van der Waals surface area contributed by atoms with Crippen LogP contribution in [0.2, 0.25) is 5.15 Å². The zero-order valence-corrected chi connectivity index (χ0v) is 41.7. The normalized spacial score (nSPS) is 11.1. The van der Waals surface area contributed by atoms with Crippen molar-refractivity contribution in [1.82, 2.24) is 19.9 Å². The van der Waals surface area contributed by atoms with Gasteiger partial charge < -0.3 is 26.2 Å². The van der Waals surface area contributed by atoms with Gasteiger partial charge in [0.15, 0.2) is 0 Å². The molecule has 0 radical (unpaired) electrons. The molecule has 18 heteroatoms. The molecule has 4 amide bonds. The Hall–Kier alpha value is -8.09. The van der Waals surface area contributed by atoms with Crippen molar-refractivity contribution in [3.63, 3.8) is 0 Å². The zero-order valence-electron chi connectivity index (χ0n) is 39.4. The van der Waals surface area contributed by atoms with Gasteiger partial charge in [0.2, 0.25) is 0 Å². The number of thiophene rings is 2. The van der Waals surface area contributed by atoms with Crippen molar-refractivity contribution < 1.29 is 19.2 Å². The minimum Gasteiger partial charge on any atom is -0.361 e. The fraction of sp³-hybridized carbons (Fsp3) is 0.192. The number of fused-ring (bicyclic) bond motifs is 2. The molecule has 15 nitrogen and oxygen atoms in total. The third-order valence-corrected chi connectivity index (χ3v) is 13.3. The third kappa shape index (κ3) is 11.6. The highest BCUT2D eigenvalue weighted by molar-refractivity contribution is 7.20. The number of hydrogen-bond donors (Lipinski definition) is 4. The fourth-order valence-electron chi connectivity index (χ4n) is 6.71. The van der Waals surface area contributed by atoms with Gasteiger partial charge in [-0.2, -0.15) is 10.5 Å². The van der Waals surface area contributed by atoms with Gasteiger partial charge in [-0.1, -0.05) is 48.0 Å². The molecule has 4 heterocycles. The van der Waals surface area contributed by atoms with Crippen molar-refractivity contribution in [3.8, 4) is 12.1 Å². The van der Waals surface area contributed by atoms with E-state index in [-0.39, 0.29) is 28.8 Å². The van der Waals surface area contributed by atoms with E-state index in [1.165, 1.54) is 28.9 Å². The highest BCUT2D eigenvalue weighted by Gasteiger charge is 2.23. The van der Waals surface area contributed by atoms with E-state index in [1.54, 1.807) is 92.8 Å². The number of rotatable bonds is 11. The first-order chi connectivity index (χ1) is 33.2. The second kappa shape index (κ2) is 20.6.